The van der Waals surface area contributed by atoms with E-state index in [2.05, 4.69) is 12.2 Å². The van der Waals surface area contributed by atoms with E-state index in [4.69, 9.17) is 23.7 Å². The lowest BCUT2D eigenvalue weighted by Gasteiger charge is -2.48. The first-order chi connectivity index (χ1) is 20.0. The van der Waals surface area contributed by atoms with Gasteiger partial charge in [-0.25, -0.2) is 0 Å². The standard InChI is InChI=1S/C32H58N2O9/c1-11-24-32(8,38)28-22(6)33-17-18(2)16-31(7,40-14-12-13-39-28)27(20(4)25(35)21(5)29(37)42-24)43-30-26(36)23(34(9)10)15-19(3)41-30/h12-13,18-28,30,33,35-36,38H,11,14-17H2,1-10H3/b13-12+/t18-,19-,20+,21?,22-,23+,24-,25?,26-,27-,28+,30+,31-,32-/m1/s1. The van der Waals surface area contributed by atoms with Gasteiger partial charge in [0.15, 0.2) is 6.29 Å². The van der Waals surface area contributed by atoms with Crippen molar-refractivity contribution in [2.75, 3.05) is 27.2 Å². The molecule has 11 heteroatoms. The molecule has 0 radical (unpaired) electrons. The molecule has 4 rings (SSSR count). The van der Waals surface area contributed by atoms with Gasteiger partial charge >= 0.3 is 5.97 Å². The summed E-state index contributed by atoms with van der Waals surface area (Å²) in [7, 11) is 3.83. The first-order valence-electron chi connectivity index (χ1n) is 16.0. The van der Waals surface area contributed by atoms with Gasteiger partial charge < -0.3 is 49.2 Å². The highest BCUT2D eigenvalue weighted by Crippen LogP contribution is 2.38. The summed E-state index contributed by atoms with van der Waals surface area (Å²) >= 11 is 0. The summed E-state index contributed by atoms with van der Waals surface area (Å²) in [5, 5.41) is 38.3. The van der Waals surface area contributed by atoms with E-state index in [0.717, 1.165) is 0 Å². The van der Waals surface area contributed by atoms with Gasteiger partial charge in [0.05, 0.1) is 42.7 Å². The molecule has 0 aliphatic carbocycles. The van der Waals surface area contributed by atoms with Crippen LogP contribution >= 0.6 is 0 Å². The number of hydrogen-bond donors (Lipinski definition) is 4. The predicted molar refractivity (Wildman–Crippen MR) is 162 cm³/mol. The molecule has 0 aromatic rings. The van der Waals surface area contributed by atoms with Crippen molar-refractivity contribution in [3.05, 3.63) is 12.3 Å². The fourth-order valence-corrected chi connectivity index (χ4v) is 7.14. The summed E-state index contributed by atoms with van der Waals surface area (Å²) in [5.41, 5.74) is -2.51. The second-order valence-corrected chi connectivity index (χ2v) is 13.9. The van der Waals surface area contributed by atoms with Crippen LogP contribution < -0.4 is 5.32 Å². The Morgan fingerprint density at radius 2 is 1.79 bits per heavy atom. The molecule has 4 N–H and O–H groups in total. The fraction of sp³-hybridized carbons (Fsp3) is 0.906. The number of carbonyl (C=O) groups is 1. The highest BCUT2D eigenvalue weighted by atomic mass is 16.7. The summed E-state index contributed by atoms with van der Waals surface area (Å²) in [5.74, 6) is -2.14. The number of esters is 1. The largest absolute Gasteiger partial charge is 0.493 e. The first kappa shape index (κ1) is 36.2. The van der Waals surface area contributed by atoms with E-state index in [0.29, 0.717) is 25.8 Å². The number of hydrogen-bond acceptors (Lipinski definition) is 11. The van der Waals surface area contributed by atoms with Crippen molar-refractivity contribution in [2.45, 2.75) is 141 Å². The van der Waals surface area contributed by atoms with Gasteiger partial charge in [0.25, 0.3) is 0 Å². The van der Waals surface area contributed by atoms with E-state index < -0.39 is 65.8 Å². The van der Waals surface area contributed by atoms with E-state index in [-0.39, 0.29) is 30.7 Å². The molecular formula is C32H58N2O9. The topological polar surface area (TPSA) is 139 Å². The minimum Gasteiger partial charge on any atom is -0.493 e. The Hall–Kier alpha value is -1.31. The van der Waals surface area contributed by atoms with Gasteiger partial charge in [0, 0.05) is 18.0 Å². The molecule has 2 saturated heterocycles. The van der Waals surface area contributed by atoms with E-state index in [1.807, 2.05) is 53.6 Å². The third kappa shape index (κ3) is 8.30. The van der Waals surface area contributed by atoms with Crippen molar-refractivity contribution in [3.63, 3.8) is 0 Å². The van der Waals surface area contributed by atoms with Crippen LogP contribution in [-0.4, -0.2) is 120 Å². The number of rotatable bonds is 4. The lowest BCUT2D eigenvalue weighted by molar-refractivity contribution is -0.302. The summed E-state index contributed by atoms with van der Waals surface area (Å²) in [6.07, 6.45) is -0.899. The van der Waals surface area contributed by atoms with Crippen molar-refractivity contribution in [2.24, 2.45) is 17.8 Å². The third-order valence-corrected chi connectivity index (χ3v) is 9.74. The fourth-order valence-electron chi connectivity index (χ4n) is 7.14. The maximum atomic E-state index is 13.5. The molecule has 0 aromatic heterocycles. The van der Waals surface area contributed by atoms with Crippen LogP contribution in [0.3, 0.4) is 0 Å². The Bertz CT molecular complexity index is 933. The van der Waals surface area contributed by atoms with Crippen LogP contribution in [0.2, 0.25) is 0 Å². The maximum Gasteiger partial charge on any atom is 0.311 e. The Morgan fingerprint density at radius 3 is 2.42 bits per heavy atom. The van der Waals surface area contributed by atoms with Crippen molar-refractivity contribution in [1.29, 1.82) is 0 Å². The summed E-state index contributed by atoms with van der Waals surface area (Å²) in [6, 6.07) is -0.484. The highest BCUT2D eigenvalue weighted by Gasteiger charge is 2.51. The zero-order valence-corrected chi connectivity index (χ0v) is 27.9. The number of nitrogens with one attached hydrogen (secondary N) is 1. The highest BCUT2D eigenvalue weighted by molar-refractivity contribution is 5.73. The van der Waals surface area contributed by atoms with Gasteiger partial charge in [-0.1, -0.05) is 20.8 Å². The predicted octanol–water partition coefficient (Wildman–Crippen LogP) is 2.21. The lowest BCUT2D eigenvalue weighted by Crippen LogP contribution is -2.60. The number of fused-ring (bicyclic) bond motifs is 14. The lowest BCUT2D eigenvalue weighted by atomic mass is 9.77. The van der Waals surface area contributed by atoms with Crippen LogP contribution in [0.15, 0.2) is 12.3 Å². The second-order valence-electron chi connectivity index (χ2n) is 13.9. The second kappa shape index (κ2) is 14.9. The molecule has 0 saturated carbocycles. The van der Waals surface area contributed by atoms with Crippen LogP contribution in [0.1, 0.15) is 74.7 Å². The number of aliphatic hydroxyl groups is 3. The molecule has 43 heavy (non-hydrogen) atoms. The zero-order valence-electron chi connectivity index (χ0n) is 27.9. The molecule has 4 aliphatic heterocycles. The number of aliphatic hydroxyl groups excluding tert-OH is 2. The van der Waals surface area contributed by atoms with Gasteiger partial charge in [0.1, 0.15) is 23.9 Å². The molecule has 14 atom stereocenters. The Kier molecular flexibility index (Phi) is 12.5. The van der Waals surface area contributed by atoms with Crippen LogP contribution in [0, 0.1) is 17.8 Å². The van der Waals surface area contributed by atoms with Crippen molar-refractivity contribution >= 4 is 5.97 Å². The molecule has 2 unspecified atom stereocenters. The smallest absolute Gasteiger partial charge is 0.311 e. The van der Waals surface area contributed by atoms with E-state index in [9.17, 15) is 20.1 Å². The molecule has 0 aromatic carbocycles. The number of likely N-dealkylation sites (N-methyl/N-ethyl adjacent to an activating group) is 1. The minimum atomic E-state index is -1.54. The Balaban J connectivity index is 2.12. The molecule has 4 aliphatic rings. The molecule has 250 valence electrons. The SMILES string of the molecule is CC[C@H]1OC(=O)C(C)C(O)[C@H](C)[C@@H](O[C@@H]2O[C@H](C)C[C@H](N(C)C)[C@H]2O)[C@@]2(C)C[C@@H](C)CN[C@H](C)[C@H](O/C=C/CO2)[C@]1(C)O. The number of ether oxygens (including phenoxy) is 5. The third-order valence-electron chi connectivity index (χ3n) is 9.74. The average Bonchev–Trinajstić information content (AvgIpc) is 2.93. The Morgan fingerprint density at radius 1 is 1.12 bits per heavy atom. The maximum absolute atomic E-state index is 13.5. The van der Waals surface area contributed by atoms with Crippen LogP contribution in [0.5, 0.6) is 0 Å². The molecule has 0 spiro atoms. The van der Waals surface area contributed by atoms with Crippen LogP contribution in [0.25, 0.3) is 0 Å². The van der Waals surface area contributed by atoms with Gasteiger partial charge in [0.2, 0.25) is 0 Å². The molecule has 0 amide bonds. The van der Waals surface area contributed by atoms with Gasteiger partial charge in [-0.2, -0.15) is 0 Å². The van der Waals surface area contributed by atoms with E-state index in [1.165, 1.54) is 6.26 Å². The van der Waals surface area contributed by atoms with Gasteiger partial charge in [-0.15, -0.1) is 0 Å². The van der Waals surface area contributed by atoms with Crippen LogP contribution in [0.4, 0.5) is 0 Å². The number of carbonyl (C=O) groups excluding carboxylic acids is 1. The van der Waals surface area contributed by atoms with Gasteiger partial charge in [-0.3, -0.25) is 4.79 Å². The summed E-state index contributed by atoms with van der Waals surface area (Å²) in [4.78, 5) is 15.5. The quantitative estimate of drug-likeness (QED) is 0.347. The first-order valence-corrected chi connectivity index (χ1v) is 16.0. The molecule has 11 nitrogen and oxygen atoms in total. The molecule has 4 heterocycles. The normalized spacial score (nSPS) is 48.2. The Labute approximate surface area is 258 Å². The zero-order chi connectivity index (χ0) is 32.3. The molecule has 2 bridgehead atoms. The minimum absolute atomic E-state index is 0.0740. The monoisotopic (exact) mass is 614 g/mol. The van der Waals surface area contributed by atoms with E-state index in [1.54, 1.807) is 19.9 Å². The molecular weight excluding hydrogens is 556 g/mol. The van der Waals surface area contributed by atoms with Crippen molar-refractivity contribution in [1.82, 2.24) is 10.2 Å². The molecule has 2 fully saturated rings. The van der Waals surface area contributed by atoms with E-state index >= 15 is 0 Å². The van der Waals surface area contributed by atoms with Crippen molar-refractivity contribution in [3.8, 4) is 0 Å². The average molecular weight is 615 g/mol. The van der Waals surface area contributed by atoms with Crippen molar-refractivity contribution < 1.29 is 43.8 Å². The van der Waals surface area contributed by atoms with Gasteiger partial charge in [-0.05, 0) is 86.5 Å². The summed E-state index contributed by atoms with van der Waals surface area (Å²) < 4.78 is 31.4. The summed E-state index contributed by atoms with van der Waals surface area (Å²) in [6.45, 7) is 15.6. The number of nitrogens with zero attached hydrogens (tertiary/aromatic N) is 1. The van der Waals surface area contributed by atoms with Crippen LogP contribution in [-0.2, 0) is 28.5 Å².